The van der Waals surface area contributed by atoms with E-state index in [4.69, 9.17) is 5.11 Å². The van der Waals surface area contributed by atoms with Gasteiger partial charge in [-0.2, -0.15) is 0 Å². The quantitative estimate of drug-likeness (QED) is 0.516. The third-order valence-corrected chi connectivity index (χ3v) is 3.16. The first kappa shape index (κ1) is 14.7. The highest BCUT2D eigenvalue weighted by Crippen LogP contribution is 2.19. The molecule has 102 valence electrons. The first-order chi connectivity index (χ1) is 8.68. The number of unbranched alkanes of at least 4 members (excludes halogenated alkanes) is 2. The van der Waals surface area contributed by atoms with Crippen molar-refractivity contribution in [1.29, 1.82) is 0 Å². The number of carbonyl (C=O) groups is 2. The van der Waals surface area contributed by atoms with E-state index in [2.05, 4.69) is 11.4 Å². The number of hydrogen-bond acceptors (Lipinski definition) is 2. The number of rotatable bonds is 8. The summed E-state index contributed by atoms with van der Waals surface area (Å²) in [5.41, 5.74) is 1.27. The second-order valence-corrected chi connectivity index (χ2v) is 4.84. The molecule has 0 spiro atoms. The molecule has 4 heteroatoms. The maximum Gasteiger partial charge on any atom is 0.303 e. The molecular weight excluding hydrogens is 230 g/mol. The number of carboxylic acids is 1. The number of amides is 1. The van der Waals surface area contributed by atoms with Crippen LogP contribution in [0.15, 0.2) is 11.6 Å². The zero-order chi connectivity index (χ0) is 13.2. The van der Waals surface area contributed by atoms with E-state index < -0.39 is 5.97 Å². The molecule has 18 heavy (non-hydrogen) atoms. The SMILES string of the molecule is O=C(O)CCCCCNC(=O)CC1=CCCCC1. The number of hydrogen-bond donors (Lipinski definition) is 2. The molecule has 0 fully saturated rings. The number of allylic oxidation sites excluding steroid dienone is 1. The van der Waals surface area contributed by atoms with Crippen molar-refractivity contribution in [2.45, 2.75) is 57.8 Å². The van der Waals surface area contributed by atoms with Gasteiger partial charge in [-0.1, -0.05) is 18.1 Å². The van der Waals surface area contributed by atoms with Crippen molar-refractivity contribution in [2.24, 2.45) is 0 Å². The molecule has 0 atom stereocenters. The van der Waals surface area contributed by atoms with Gasteiger partial charge in [0, 0.05) is 19.4 Å². The van der Waals surface area contributed by atoms with Gasteiger partial charge in [0.05, 0.1) is 0 Å². The summed E-state index contributed by atoms with van der Waals surface area (Å²) in [6.45, 7) is 0.658. The average Bonchev–Trinajstić information content (AvgIpc) is 2.34. The second-order valence-electron chi connectivity index (χ2n) is 4.84. The third kappa shape index (κ3) is 7.09. The van der Waals surface area contributed by atoms with Crippen LogP contribution in [-0.2, 0) is 9.59 Å². The Bertz CT molecular complexity index is 310. The molecule has 0 saturated carbocycles. The maximum atomic E-state index is 11.6. The van der Waals surface area contributed by atoms with Crippen LogP contribution in [0.5, 0.6) is 0 Å². The molecule has 0 heterocycles. The zero-order valence-corrected chi connectivity index (χ0v) is 10.9. The number of nitrogens with one attached hydrogen (secondary N) is 1. The summed E-state index contributed by atoms with van der Waals surface area (Å²) >= 11 is 0. The summed E-state index contributed by atoms with van der Waals surface area (Å²) < 4.78 is 0. The van der Waals surface area contributed by atoms with E-state index >= 15 is 0 Å². The molecule has 0 aliphatic heterocycles. The van der Waals surface area contributed by atoms with Crippen LogP contribution in [0.25, 0.3) is 0 Å². The number of carboxylic acid groups (broad SMARTS) is 1. The lowest BCUT2D eigenvalue weighted by Crippen LogP contribution is -2.24. The molecule has 0 aromatic heterocycles. The Kier molecular flexibility index (Phi) is 7.14. The van der Waals surface area contributed by atoms with Gasteiger partial charge in [0.1, 0.15) is 0 Å². The topological polar surface area (TPSA) is 66.4 Å². The zero-order valence-electron chi connectivity index (χ0n) is 10.9. The van der Waals surface area contributed by atoms with E-state index in [1.54, 1.807) is 0 Å². The highest BCUT2D eigenvalue weighted by atomic mass is 16.4. The van der Waals surface area contributed by atoms with Crippen LogP contribution in [0.4, 0.5) is 0 Å². The summed E-state index contributed by atoms with van der Waals surface area (Å²) in [7, 11) is 0. The van der Waals surface area contributed by atoms with Crippen molar-refractivity contribution in [2.75, 3.05) is 6.54 Å². The maximum absolute atomic E-state index is 11.6. The average molecular weight is 253 g/mol. The highest BCUT2D eigenvalue weighted by molar-refractivity contribution is 5.78. The minimum atomic E-state index is -0.747. The second kappa shape index (κ2) is 8.72. The van der Waals surface area contributed by atoms with Gasteiger partial charge < -0.3 is 10.4 Å². The first-order valence-corrected chi connectivity index (χ1v) is 6.85. The molecular formula is C14H23NO3. The van der Waals surface area contributed by atoms with E-state index in [0.29, 0.717) is 19.4 Å². The molecule has 1 aliphatic rings. The largest absolute Gasteiger partial charge is 0.481 e. The molecule has 4 nitrogen and oxygen atoms in total. The monoisotopic (exact) mass is 253 g/mol. The molecule has 0 unspecified atom stereocenters. The third-order valence-electron chi connectivity index (χ3n) is 3.16. The molecule has 1 aliphatic carbocycles. The molecule has 0 bridgehead atoms. The lowest BCUT2D eigenvalue weighted by Gasteiger charge is -2.12. The van der Waals surface area contributed by atoms with E-state index in [0.717, 1.165) is 25.7 Å². The van der Waals surface area contributed by atoms with Crippen LogP contribution >= 0.6 is 0 Å². The predicted octanol–water partition coefficient (Wildman–Crippen LogP) is 2.64. The Hall–Kier alpha value is -1.32. The van der Waals surface area contributed by atoms with E-state index in [9.17, 15) is 9.59 Å². The molecule has 0 aromatic rings. The standard InChI is InChI=1S/C14H23NO3/c16-13(11-12-7-3-1-4-8-12)15-10-6-2-5-9-14(17)18/h7H,1-6,8-11H2,(H,15,16)(H,17,18). The van der Waals surface area contributed by atoms with Gasteiger partial charge in [0.2, 0.25) is 5.91 Å². The van der Waals surface area contributed by atoms with Crippen molar-refractivity contribution >= 4 is 11.9 Å². The minimum absolute atomic E-state index is 0.0985. The molecule has 0 saturated heterocycles. The summed E-state index contributed by atoms with van der Waals surface area (Å²) in [5, 5.41) is 11.4. The van der Waals surface area contributed by atoms with Crippen LogP contribution in [0, 0.1) is 0 Å². The minimum Gasteiger partial charge on any atom is -0.481 e. The van der Waals surface area contributed by atoms with Crippen molar-refractivity contribution < 1.29 is 14.7 Å². The van der Waals surface area contributed by atoms with Gasteiger partial charge >= 0.3 is 5.97 Å². The number of aliphatic carboxylic acids is 1. The van der Waals surface area contributed by atoms with Crippen LogP contribution in [-0.4, -0.2) is 23.5 Å². The lowest BCUT2D eigenvalue weighted by molar-refractivity contribution is -0.137. The van der Waals surface area contributed by atoms with E-state index in [1.165, 1.54) is 18.4 Å². The van der Waals surface area contributed by atoms with Crippen LogP contribution in [0.2, 0.25) is 0 Å². The van der Waals surface area contributed by atoms with Crippen LogP contribution < -0.4 is 5.32 Å². The van der Waals surface area contributed by atoms with Crippen LogP contribution in [0.3, 0.4) is 0 Å². The Balaban J connectivity index is 1.99. The summed E-state index contributed by atoms with van der Waals surface area (Å²) in [6.07, 6.45) is 9.97. The Morgan fingerprint density at radius 3 is 2.72 bits per heavy atom. The van der Waals surface area contributed by atoms with Crippen molar-refractivity contribution in [3.05, 3.63) is 11.6 Å². The Morgan fingerprint density at radius 1 is 1.22 bits per heavy atom. The van der Waals surface area contributed by atoms with Gasteiger partial charge in [-0.05, 0) is 38.5 Å². The van der Waals surface area contributed by atoms with Gasteiger partial charge in [0.25, 0.3) is 0 Å². The van der Waals surface area contributed by atoms with Gasteiger partial charge in [-0.25, -0.2) is 0 Å². The molecule has 0 radical (unpaired) electrons. The van der Waals surface area contributed by atoms with Crippen molar-refractivity contribution in [3.8, 4) is 0 Å². The molecule has 1 amide bonds. The van der Waals surface area contributed by atoms with Crippen molar-refractivity contribution in [3.63, 3.8) is 0 Å². The van der Waals surface area contributed by atoms with E-state index in [1.807, 2.05) is 0 Å². The fraction of sp³-hybridized carbons (Fsp3) is 0.714. The van der Waals surface area contributed by atoms with Crippen LogP contribution in [0.1, 0.15) is 57.8 Å². The normalized spacial score (nSPS) is 15.0. The smallest absolute Gasteiger partial charge is 0.303 e. The Labute approximate surface area is 108 Å². The van der Waals surface area contributed by atoms with Gasteiger partial charge in [-0.15, -0.1) is 0 Å². The molecule has 1 rings (SSSR count). The van der Waals surface area contributed by atoms with Gasteiger partial charge in [-0.3, -0.25) is 9.59 Å². The van der Waals surface area contributed by atoms with Crippen molar-refractivity contribution in [1.82, 2.24) is 5.32 Å². The fourth-order valence-corrected chi connectivity index (χ4v) is 2.14. The Morgan fingerprint density at radius 2 is 2.06 bits per heavy atom. The lowest BCUT2D eigenvalue weighted by atomic mass is 9.97. The molecule has 0 aromatic carbocycles. The summed E-state index contributed by atoms with van der Waals surface area (Å²) in [5.74, 6) is -0.648. The number of carbonyl (C=O) groups excluding carboxylic acids is 1. The summed E-state index contributed by atoms with van der Waals surface area (Å²) in [4.78, 5) is 21.9. The molecule has 2 N–H and O–H groups in total. The van der Waals surface area contributed by atoms with E-state index in [-0.39, 0.29) is 12.3 Å². The highest BCUT2D eigenvalue weighted by Gasteiger charge is 2.08. The predicted molar refractivity (Wildman–Crippen MR) is 70.3 cm³/mol. The first-order valence-electron chi connectivity index (χ1n) is 6.85. The van der Waals surface area contributed by atoms with Gasteiger partial charge in [0.15, 0.2) is 0 Å². The fourth-order valence-electron chi connectivity index (χ4n) is 2.14. The summed E-state index contributed by atoms with van der Waals surface area (Å²) in [6, 6.07) is 0.